The number of allylic oxidation sites excluding steroid dienone is 5. The molecule has 1 aliphatic carbocycles. The summed E-state index contributed by atoms with van der Waals surface area (Å²) in [6, 6.07) is 83.9. The van der Waals surface area contributed by atoms with Crippen LogP contribution in [0, 0.1) is 0 Å². The Bertz CT molecular complexity index is 2990. The molecule has 9 aromatic rings. The second-order valence-corrected chi connectivity index (χ2v) is 16.0. The Hall–Kier alpha value is -8.00. The Labute approximate surface area is 371 Å². The minimum absolute atomic E-state index is 0.627. The van der Waals surface area contributed by atoms with E-state index in [1.807, 2.05) is 6.08 Å². The summed E-state index contributed by atoms with van der Waals surface area (Å²) in [6.45, 7) is 6.34. The van der Waals surface area contributed by atoms with Crippen LogP contribution in [0.4, 0.5) is 17.1 Å². The van der Waals surface area contributed by atoms with E-state index in [-0.39, 0.29) is 0 Å². The summed E-state index contributed by atoms with van der Waals surface area (Å²) in [4.78, 5) is 2.45. The average Bonchev–Trinajstić information content (AvgIpc) is 3.65. The van der Waals surface area contributed by atoms with Gasteiger partial charge in [-0.25, -0.2) is 0 Å². The molecule has 1 atom stereocenters. The van der Waals surface area contributed by atoms with E-state index in [2.05, 4.69) is 267 Å². The lowest BCUT2D eigenvalue weighted by Crippen LogP contribution is -2.29. The van der Waals surface area contributed by atoms with E-state index in [0.29, 0.717) is 0 Å². The third kappa shape index (κ3) is 7.14. The minimum Gasteiger partial charge on any atom is -0.310 e. The Balaban J connectivity index is 1.28. The summed E-state index contributed by atoms with van der Waals surface area (Å²) in [7, 11) is 0. The first-order chi connectivity index (χ1) is 31.2. The quantitative estimate of drug-likeness (QED) is 0.118. The predicted octanol–water partition coefficient (Wildman–Crippen LogP) is 16.8. The summed E-state index contributed by atoms with van der Waals surface area (Å²) < 4.78 is 0. The van der Waals surface area contributed by atoms with Gasteiger partial charge in [0, 0.05) is 16.9 Å². The molecule has 9 aromatic carbocycles. The molecule has 1 aliphatic rings. The SMILES string of the molecule is C=C/C=C(\C=C/C)C1(c2ccccc2)c2ccccc2-c2cc(-c3ccc(-c4ccccc4)cc3)c(N(c3ccc(-c4ccccc4)cc3)c3ccc(-c4ccccc4)cc3)cc21. The van der Waals surface area contributed by atoms with Gasteiger partial charge in [-0.3, -0.25) is 0 Å². The van der Waals surface area contributed by atoms with E-state index in [9.17, 15) is 0 Å². The Morgan fingerprint density at radius 2 is 0.841 bits per heavy atom. The van der Waals surface area contributed by atoms with Crippen LogP contribution >= 0.6 is 0 Å². The van der Waals surface area contributed by atoms with Gasteiger partial charge in [-0.1, -0.05) is 225 Å². The Morgan fingerprint density at radius 3 is 1.33 bits per heavy atom. The van der Waals surface area contributed by atoms with Crippen molar-refractivity contribution in [2.45, 2.75) is 12.3 Å². The van der Waals surface area contributed by atoms with E-state index in [1.165, 1.54) is 61.2 Å². The summed E-state index contributed by atoms with van der Waals surface area (Å²) in [6.07, 6.45) is 8.54. The highest BCUT2D eigenvalue weighted by Crippen LogP contribution is 2.59. The van der Waals surface area contributed by atoms with Crippen molar-refractivity contribution in [3.8, 4) is 55.6 Å². The zero-order valence-corrected chi connectivity index (χ0v) is 35.4. The highest BCUT2D eigenvalue weighted by molar-refractivity contribution is 5.97. The summed E-state index contributed by atoms with van der Waals surface area (Å²) in [5.74, 6) is 0. The largest absolute Gasteiger partial charge is 0.310 e. The fourth-order valence-corrected chi connectivity index (χ4v) is 9.58. The second kappa shape index (κ2) is 17.2. The minimum atomic E-state index is -0.627. The van der Waals surface area contributed by atoms with Crippen molar-refractivity contribution in [3.63, 3.8) is 0 Å². The highest BCUT2D eigenvalue weighted by Gasteiger charge is 2.47. The monoisotopic (exact) mass is 805 g/mol. The van der Waals surface area contributed by atoms with Gasteiger partial charge in [0.1, 0.15) is 0 Å². The predicted molar refractivity (Wildman–Crippen MR) is 268 cm³/mol. The van der Waals surface area contributed by atoms with Crippen molar-refractivity contribution >= 4 is 17.1 Å². The Kier molecular flexibility index (Phi) is 10.7. The molecule has 0 saturated heterocycles. The maximum absolute atomic E-state index is 4.24. The number of nitrogens with zero attached hydrogens (tertiary/aromatic N) is 1. The molecule has 63 heavy (non-hydrogen) atoms. The molecule has 300 valence electrons. The van der Waals surface area contributed by atoms with Crippen LogP contribution in [0.3, 0.4) is 0 Å². The van der Waals surface area contributed by atoms with Crippen LogP contribution < -0.4 is 4.90 Å². The van der Waals surface area contributed by atoms with Gasteiger partial charge in [-0.05, 0) is 116 Å². The number of benzene rings is 9. The smallest absolute Gasteiger partial charge is 0.0714 e. The molecule has 0 radical (unpaired) electrons. The van der Waals surface area contributed by atoms with Crippen LogP contribution in [-0.2, 0) is 5.41 Å². The van der Waals surface area contributed by atoms with Crippen LogP contribution in [0.2, 0.25) is 0 Å². The fourth-order valence-electron chi connectivity index (χ4n) is 9.58. The van der Waals surface area contributed by atoms with E-state index in [1.54, 1.807) is 0 Å². The maximum Gasteiger partial charge on any atom is 0.0714 e. The van der Waals surface area contributed by atoms with E-state index < -0.39 is 5.41 Å². The van der Waals surface area contributed by atoms with Crippen LogP contribution in [0.25, 0.3) is 55.6 Å². The van der Waals surface area contributed by atoms with Gasteiger partial charge in [0.2, 0.25) is 0 Å². The van der Waals surface area contributed by atoms with Crippen molar-refractivity contribution in [1.29, 1.82) is 0 Å². The van der Waals surface area contributed by atoms with E-state index in [4.69, 9.17) is 0 Å². The third-order valence-electron chi connectivity index (χ3n) is 12.5. The zero-order valence-electron chi connectivity index (χ0n) is 35.4. The maximum atomic E-state index is 4.24. The van der Waals surface area contributed by atoms with Gasteiger partial charge in [0.05, 0.1) is 11.1 Å². The van der Waals surface area contributed by atoms with Crippen molar-refractivity contribution in [1.82, 2.24) is 0 Å². The topological polar surface area (TPSA) is 3.24 Å². The number of hydrogen-bond acceptors (Lipinski definition) is 1. The number of hydrogen-bond donors (Lipinski definition) is 0. The first-order valence-corrected chi connectivity index (χ1v) is 21.7. The lowest BCUT2D eigenvalue weighted by molar-refractivity contribution is 0.767. The first-order valence-electron chi connectivity index (χ1n) is 21.7. The molecule has 0 aromatic heterocycles. The molecule has 1 unspecified atom stereocenters. The molecule has 1 nitrogen and oxygen atoms in total. The number of anilines is 3. The summed E-state index contributed by atoms with van der Waals surface area (Å²) in [5, 5.41) is 0. The van der Waals surface area contributed by atoms with Gasteiger partial charge < -0.3 is 4.90 Å². The van der Waals surface area contributed by atoms with Gasteiger partial charge in [0.15, 0.2) is 0 Å². The molecule has 0 N–H and O–H groups in total. The fraction of sp³-hybridized carbons (Fsp3) is 0.0323. The van der Waals surface area contributed by atoms with Crippen LogP contribution in [0.1, 0.15) is 23.6 Å². The van der Waals surface area contributed by atoms with Gasteiger partial charge in [0.25, 0.3) is 0 Å². The zero-order chi connectivity index (χ0) is 42.6. The first kappa shape index (κ1) is 39.2. The van der Waals surface area contributed by atoms with E-state index >= 15 is 0 Å². The second-order valence-electron chi connectivity index (χ2n) is 16.0. The van der Waals surface area contributed by atoms with Crippen LogP contribution in [0.5, 0.6) is 0 Å². The standard InChI is InChI=1S/C62H47N/c1-3-19-52(20-4-2)62(53-27-15-8-16-28-53)59-30-18-17-29-56(59)58-43-57(51-33-31-48(32-34-51)45-21-9-5-10-22-45)61(44-60(58)62)63(54-39-35-49(36-40-54)46-23-11-6-12-24-46)55-41-37-50(38-42-55)47-25-13-7-14-26-47/h3-44H,1H2,2H3/b20-4-,52-19+. The van der Waals surface area contributed by atoms with Crippen molar-refractivity contribution in [2.24, 2.45) is 0 Å². The normalized spacial score (nSPS) is 14.3. The van der Waals surface area contributed by atoms with Crippen LogP contribution in [0.15, 0.2) is 267 Å². The van der Waals surface area contributed by atoms with Crippen molar-refractivity contribution in [3.05, 3.63) is 284 Å². The highest BCUT2D eigenvalue weighted by atomic mass is 15.1. The number of fused-ring (bicyclic) bond motifs is 3. The molecule has 0 heterocycles. The van der Waals surface area contributed by atoms with Crippen molar-refractivity contribution < 1.29 is 0 Å². The number of rotatable bonds is 11. The Morgan fingerprint density at radius 1 is 0.413 bits per heavy atom. The summed E-state index contributed by atoms with van der Waals surface area (Å²) >= 11 is 0. The molecule has 0 spiro atoms. The molecular formula is C62H47N. The molecule has 10 rings (SSSR count). The molecule has 0 fully saturated rings. The van der Waals surface area contributed by atoms with Gasteiger partial charge in [-0.15, -0.1) is 0 Å². The molecule has 1 heteroatoms. The van der Waals surface area contributed by atoms with E-state index in [0.717, 1.165) is 33.8 Å². The van der Waals surface area contributed by atoms with Gasteiger partial charge in [-0.2, -0.15) is 0 Å². The molecule has 0 aliphatic heterocycles. The van der Waals surface area contributed by atoms with Crippen molar-refractivity contribution in [2.75, 3.05) is 4.90 Å². The molecule has 0 saturated carbocycles. The molecule has 0 amide bonds. The third-order valence-corrected chi connectivity index (χ3v) is 12.5. The lowest BCUT2D eigenvalue weighted by Gasteiger charge is -2.36. The average molecular weight is 806 g/mol. The summed E-state index contributed by atoms with van der Waals surface area (Å²) in [5.41, 5.74) is 19.3. The lowest BCUT2D eigenvalue weighted by atomic mass is 9.66. The van der Waals surface area contributed by atoms with Crippen LogP contribution in [-0.4, -0.2) is 0 Å². The van der Waals surface area contributed by atoms with Gasteiger partial charge >= 0.3 is 0 Å². The molecular weight excluding hydrogens is 759 g/mol. The molecule has 0 bridgehead atoms.